The minimum Gasteiger partial charge on any atom is -0.471 e. The van der Waals surface area contributed by atoms with Crippen LogP contribution >= 0.6 is 0 Å². The van der Waals surface area contributed by atoms with Gasteiger partial charge in [0.1, 0.15) is 12.0 Å². The van der Waals surface area contributed by atoms with Crippen LogP contribution in [0.15, 0.2) is 48.6 Å². The third-order valence-electron chi connectivity index (χ3n) is 5.43. The van der Waals surface area contributed by atoms with Gasteiger partial charge in [0.15, 0.2) is 0 Å². The van der Waals surface area contributed by atoms with Crippen LogP contribution in [0, 0.1) is 6.92 Å². The summed E-state index contributed by atoms with van der Waals surface area (Å²) in [6, 6.07) is 7.99. The maximum Gasteiger partial charge on any atom is 0.268 e. The Hall–Kier alpha value is -3.55. The van der Waals surface area contributed by atoms with Crippen LogP contribution in [-0.4, -0.2) is 33.8 Å². The Morgan fingerprint density at radius 3 is 2.76 bits per heavy atom. The molecular formula is C21H22N6O2. The number of aryl methyl sites for hydroxylation is 2. The van der Waals surface area contributed by atoms with E-state index in [0.29, 0.717) is 5.70 Å². The number of pyridine rings is 1. The lowest BCUT2D eigenvalue weighted by Crippen LogP contribution is -2.39. The molecule has 5 rings (SSSR count). The zero-order valence-electron chi connectivity index (χ0n) is 16.4. The third kappa shape index (κ3) is 2.88. The minimum absolute atomic E-state index is 0.328. The number of primary amides is 1. The molecule has 0 saturated carbocycles. The Kier molecular flexibility index (Phi) is 3.94. The Labute approximate surface area is 168 Å². The number of anilines is 2. The van der Waals surface area contributed by atoms with E-state index in [9.17, 15) is 4.79 Å². The zero-order chi connectivity index (χ0) is 20.1. The Balaban J connectivity index is 1.70. The van der Waals surface area contributed by atoms with Gasteiger partial charge in [-0.15, -0.1) is 0 Å². The zero-order valence-corrected chi connectivity index (χ0v) is 16.4. The fraction of sp³-hybridized carbons (Fsp3) is 0.286. The number of nitrogens with zero attached hydrogens (tertiary/aromatic N) is 5. The molecule has 0 radical (unpaired) electrons. The number of carbonyl (C=O) groups excluding carboxylic acids is 1. The molecule has 2 aliphatic heterocycles. The molecule has 1 saturated heterocycles. The van der Waals surface area contributed by atoms with Crippen molar-refractivity contribution in [3.63, 3.8) is 0 Å². The number of benzene rings is 1. The van der Waals surface area contributed by atoms with Crippen molar-refractivity contribution in [2.24, 2.45) is 12.8 Å². The molecule has 8 heteroatoms. The van der Waals surface area contributed by atoms with E-state index >= 15 is 0 Å². The van der Waals surface area contributed by atoms with Crippen molar-refractivity contribution in [2.45, 2.75) is 19.6 Å². The molecule has 4 heterocycles. The monoisotopic (exact) mass is 390 g/mol. The molecule has 2 aromatic heterocycles. The largest absolute Gasteiger partial charge is 0.471 e. The number of hydrogen-bond donors (Lipinski definition) is 1. The molecule has 0 aliphatic carbocycles. The van der Waals surface area contributed by atoms with Crippen LogP contribution in [-0.2, 0) is 16.6 Å². The fourth-order valence-electron chi connectivity index (χ4n) is 3.93. The molecule has 29 heavy (non-hydrogen) atoms. The van der Waals surface area contributed by atoms with E-state index < -0.39 is 12.1 Å². The predicted molar refractivity (Wildman–Crippen MR) is 110 cm³/mol. The second kappa shape index (κ2) is 6.51. The van der Waals surface area contributed by atoms with E-state index in [2.05, 4.69) is 27.1 Å². The summed E-state index contributed by atoms with van der Waals surface area (Å²) in [5.74, 6) is -0.529. The summed E-state index contributed by atoms with van der Waals surface area (Å²) < 4.78 is 7.73. The van der Waals surface area contributed by atoms with Gasteiger partial charge in [0.05, 0.1) is 16.9 Å². The van der Waals surface area contributed by atoms with Gasteiger partial charge in [0.2, 0.25) is 6.23 Å². The summed E-state index contributed by atoms with van der Waals surface area (Å²) in [5.41, 5.74) is 10.7. The molecule has 2 aliphatic rings. The average molecular weight is 390 g/mol. The van der Waals surface area contributed by atoms with Crippen molar-refractivity contribution in [3.05, 3.63) is 59.9 Å². The van der Waals surface area contributed by atoms with Crippen LogP contribution in [0.4, 0.5) is 11.4 Å². The average Bonchev–Trinajstić information content (AvgIpc) is 3.22. The highest BCUT2D eigenvalue weighted by molar-refractivity contribution is 6.00. The van der Waals surface area contributed by atoms with Crippen molar-refractivity contribution < 1.29 is 9.53 Å². The molecule has 1 amide bonds. The molecule has 1 atom stereocenters. The van der Waals surface area contributed by atoms with Crippen LogP contribution in [0.3, 0.4) is 0 Å². The van der Waals surface area contributed by atoms with E-state index in [1.807, 2.05) is 37.2 Å². The Morgan fingerprint density at radius 2 is 2.07 bits per heavy atom. The number of fused-ring (bicyclic) bond motifs is 1. The number of hydrogen-bond acceptors (Lipinski definition) is 6. The third-order valence-corrected chi connectivity index (χ3v) is 5.43. The number of carbonyl (C=O) groups is 1. The normalized spacial score (nSPS) is 18.6. The summed E-state index contributed by atoms with van der Waals surface area (Å²) in [4.78, 5) is 20.7. The minimum atomic E-state index is -0.529. The standard InChI is InChI=1S/C21H22N6O2/c1-13-8-14(4-5-23-13)21-27(19(12-29-21)20(22)28)18-9-15-11-25(2)24-16(15)10-17(18)26-6-3-7-26/h4-5,8-12,21H,3,6-7H2,1-2H3,(H2,22,28). The van der Waals surface area contributed by atoms with Gasteiger partial charge in [-0.05, 0) is 37.6 Å². The quantitative estimate of drug-likeness (QED) is 0.736. The second-order valence-electron chi connectivity index (χ2n) is 7.50. The molecule has 1 unspecified atom stereocenters. The number of rotatable bonds is 4. The molecular weight excluding hydrogens is 368 g/mol. The Morgan fingerprint density at radius 1 is 1.24 bits per heavy atom. The summed E-state index contributed by atoms with van der Waals surface area (Å²) >= 11 is 0. The van der Waals surface area contributed by atoms with E-state index in [1.54, 1.807) is 10.9 Å². The first kappa shape index (κ1) is 17.5. The van der Waals surface area contributed by atoms with Crippen LogP contribution in [0.2, 0.25) is 0 Å². The first-order chi connectivity index (χ1) is 14.0. The SMILES string of the molecule is Cc1cc(C2OC=C(C(N)=O)N2c2cc3cn(C)nc3cc2N2CCC2)ccn1. The van der Waals surface area contributed by atoms with Crippen LogP contribution in [0.1, 0.15) is 23.9 Å². The first-order valence-electron chi connectivity index (χ1n) is 9.61. The van der Waals surface area contributed by atoms with Gasteiger partial charge in [0.25, 0.3) is 5.91 Å². The summed E-state index contributed by atoms with van der Waals surface area (Å²) in [7, 11) is 1.90. The van der Waals surface area contributed by atoms with Crippen LogP contribution in [0.25, 0.3) is 10.9 Å². The molecule has 0 spiro atoms. The van der Waals surface area contributed by atoms with Crippen LogP contribution < -0.4 is 15.5 Å². The van der Waals surface area contributed by atoms with E-state index in [1.165, 1.54) is 6.26 Å². The fourth-order valence-corrected chi connectivity index (χ4v) is 3.93. The van der Waals surface area contributed by atoms with Gasteiger partial charge in [-0.25, -0.2) is 0 Å². The van der Waals surface area contributed by atoms with E-state index in [4.69, 9.17) is 10.5 Å². The van der Waals surface area contributed by atoms with E-state index in [-0.39, 0.29) is 0 Å². The number of ether oxygens (including phenoxy) is 1. The lowest BCUT2D eigenvalue weighted by molar-refractivity contribution is -0.114. The van der Waals surface area contributed by atoms with Gasteiger partial charge in [-0.1, -0.05) is 0 Å². The van der Waals surface area contributed by atoms with Crippen molar-refractivity contribution in [2.75, 3.05) is 22.9 Å². The second-order valence-corrected chi connectivity index (χ2v) is 7.50. The molecule has 0 bridgehead atoms. The van der Waals surface area contributed by atoms with Crippen molar-refractivity contribution in [1.82, 2.24) is 14.8 Å². The van der Waals surface area contributed by atoms with Crippen molar-refractivity contribution in [3.8, 4) is 0 Å². The summed E-state index contributed by atoms with van der Waals surface area (Å²) in [5, 5.41) is 5.54. The summed E-state index contributed by atoms with van der Waals surface area (Å²) in [6.07, 6.45) is 5.82. The van der Waals surface area contributed by atoms with Crippen LogP contribution in [0.5, 0.6) is 0 Å². The molecule has 148 valence electrons. The number of nitrogens with two attached hydrogens (primary N) is 1. The maximum atomic E-state index is 12.3. The van der Waals surface area contributed by atoms with E-state index in [0.717, 1.165) is 53.0 Å². The summed E-state index contributed by atoms with van der Waals surface area (Å²) in [6.45, 7) is 3.86. The lowest BCUT2D eigenvalue weighted by Gasteiger charge is -2.38. The van der Waals surface area contributed by atoms with Crippen molar-refractivity contribution >= 4 is 28.2 Å². The highest BCUT2D eigenvalue weighted by Crippen LogP contribution is 2.44. The molecule has 1 aromatic carbocycles. The molecule has 2 N–H and O–H groups in total. The molecule has 3 aromatic rings. The first-order valence-corrected chi connectivity index (χ1v) is 9.61. The predicted octanol–water partition coefficient (Wildman–Crippen LogP) is 2.35. The highest BCUT2D eigenvalue weighted by atomic mass is 16.5. The van der Waals surface area contributed by atoms with Gasteiger partial charge >= 0.3 is 0 Å². The maximum absolute atomic E-state index is 12.3. The number of amides is 1. The topological polar surface area (TPSA) is 89.5 Å². The van der Waals surface area contributed by atoms with Gasteiger partial charge in [-0.3, -0.25) is 19.4 Å². The van der Waals surface area contributed by atoms with Gasteiger partial charge in [-0.2, -0.15) is 5.10 Å². The van der Waals surface area contributed by atoms with Crippen molar-refractivity contribution in [1.29, 1.82) is 0 Å². The molecule has 1 fully saturated rings. The van der Waals surface area contributed by atoms with Gasteiger partial charge < -0.3 is 15.4 Å². The number of aromatic nitrogens is 3. The molecule has 8 nitrogen and oxygen atoms in total. The highest BCUT2D eigenvalue weighted by Gasteiger charge is 2.36. The Bertz CT molecular complexity index is 1150. The smallest absolute Gasteiger partial charge is 0.268 e. The van der Waals surface area contributed by atoms with Gasteiger partial charge in [0, 0.05) is 49.2 Å². The lowest BCUT2D eigenvalue weighted by atomic mass is 10.1.